The van der Waals surface area contributed by atoms with Crippen LogP contribution in [0.3, 0.4) is 0 Å². The number of amides is 2. The summed E-state index contributed by atoms with van der Waals surface area (Å²) in [7, 11) is 1.73. The number of hydrogen-bond acceptors (Lipinski definition) is 1. The minimum atomic E-state index is -0.0682. The third-order valence-electron chi connectivity index (χ3n) is 2.26. The molecular weight excluding hydrogens is 176 g/mol. The lowest BCUT2D eigenvalue weighted by atomic mass is 10.1. The minimum Gasteiger partial charge on any atom is -0.327 e. The van der Waals surface area contributed by atoms with Crippen molar-refractivity contribution in [2.75, 3.05) is 7.05 Å². The van der Waals surface area contributed by atoms with E-state index >= 15 is 0 Å². The number of nitrogens with one attached hydrogen (secondary N) is 1. The lowest BCUT2D eigenvalue weighted by molar-refractivity contribution is 0.217. The Kier molecular flexibility index (Phi) is 2.23. The van der Waals surface area contributed by atoms with Gasteiger partial charge in [0.15, 0.2) is 0 Å². The summed E-state index contributed by atoms with van der Waals surface area (Å²) in [6, 6.07) is 9.83. The van der Waals surface area contributed by atoms with Crippen molar-refractivity contribution in [3.63, 3.8) is 0 Å². The average molecular weight is 188 g/mol. The Morgan fingerprint density at radius 3 is 2.64 bits per heavy atom. The number of rotatable bonds is 1. The number of nitrogens with zero attached hydrogens (tertiary/aromatic N) is 1. The lowest BCUT2D eigenvalue weighted by Crippen LogP contribution is -2.39. The summed E-state index contributed by atoms with van der Waals surface area (Å²) in [4.78, 5) is 12.9. The normalized spacial score (nSPS) is 20.8. The second-order valence-electron chi connectivity index (χ2n) is 3.29. The van der Waals surface area contributed by atoms with Gasteiger partial charge in [0.25, 0.3) is 0 Å². The van der Waals surface area contributed by atoms with E-state index in [-0.39, 0.29) is 12.1 Å². The van der Waals surface area contributed by atoms with Crippen molar-refractivity contribution >= 4 is 6.03 Å². The van der Waals surface area contributed by atoms with E-state index in [0.29, 0.717) is 0 Å². The fourth-order valence-corrected chi connectivity index (χ4v) is 1.42. The van der Waals surface area contributed by atoms with Gasteiger partial charge in [0, 0.05) is 13.2 Å². The Morgan fingerprint density at radius 1 is 1.29 bits per heavy atom. The van der Waals surface area contributed by atoms with Gasteiger partial charge < -0.3 is 10.2 Å². The average Bonchev–Trinajstić information content (AvgIpc) is 2.23. The fourth-order valence-electron chi connectivity index (χ4n) is 1.42. The molecule has 0 aliphatic carbocycles. The maximum atomic E-state index is 11.3. The largest absolute Gasteiger partial charge is 0.327 e. The molecule has 1 aromatic carbocycles. The van der Waals surface area contributed by atoms with Gasteiger partial charge in [-0.3, -0.25) is 0 Å². The van der Waals surface area contributed by atoms with Crippen LogP contribution in [0.1, 0.15) is 11.6 Å². The van der Waals surface area contributed by atoms with Gasteiger partial charge in [-0.15, -0.1) is 0 Å². The standard InChI is InChI=1S/C11H12N2O/c1-13-8-7-10(12-11(13)14)9-5-3-2-4-6-9/h2-8,10H,1H3,(H,12,14). The van der Waals surface area contributed by atoms with Crippen LogP contribution in [0.25, 0.3) is 0 Å². The summed E-state index contributed by atoms with van der Waals surface area (Å²) in [5.74, 6) is 0. The van der Waals surface area contributed by atoms with Gasteiger partial charge >= 0.3 is 6.03 Å². The van der Waals surface area contributed by atoms with E-state index in [4.69, 9.17) is 0 Å². The molecule has 1 aliphatic heterocycles. The predicted octanol–water partition coefficient (Wildman–Crippen LogP) is 1.90. The van der Waals surface area contributed by atoms with Gasteiger partial charge in [-0.05, 0) is 11.6 Å². The first-order valence-corrected chi connectivity index (χ1v) is 4.54. The quantitative estimate of drug-likeness (QED) is 0.717. The first-order chi connectivity index (χ1) is 6.77. The van der Waals surface area contributed by atoms with Crippen LogP contribution in [0.4, 0.5) is 4.79 Å². The molecular formula is C11H12N2O. The summed E-state index contributed by atoms with van der Waals surface area (Å²) in [5.41, 5.74) is 1.10. The second kappa shape index (κ2) is 3.54. The molecule has 1 aromatic rings. The zero-order valence-electron chi connectivity index (χ0n) is 7.97. The summed E-state index contributed by atoms with van der Waals surface area (Å²) in [6.07, 6.45) is 3.76. The van der Waals surface area contributed by atoms with E-state index in [1.807, 2.05) is 36.4 Å². The summed E-state index contributed by atoms with van der Waals surface area (Å²) < 4.78 is 0. The third-order valence-corrected chi connectivity index (χ3v) is 2.26. The van der Waals surface area contributed by atoms with Crippen LogP contribution < -0.4 is 5.32 Å². The molecule has 1 atom stereocenters. The Hall–Kier alpha value is -1.77. The van der Waals surface area contributed by atoms with Crippen LogP contribution in [0.5, 0.6) is 0 Å². The molecule has 2 rings (SSSR count). The molecule has 3 heteroatoms. The molecule has 1 aliphatic rings. The number of carbonyl (C=O) groups is 1. The van der Waals surface area contributed by atoms with Crippen LogP contribution >= 0.6 is 0 Å². The van der Waals surface area contributed by atoms with E-state index in [9.17, 15) is 4.79 Å². The smallest absolute Gasteiger partial charge is 0.321 e. The van der Waals surface area contributed by atoms with Gasteiger partial charge in [-0.1, -0.05) is 30.3 Å². The highest BCUT2D eigenvalue weighted by Crippen LogP contribution is 2.17. The number of hydrogen-bond donors (Lipinski definition) is 1. The molecule has 1 heterocycles. The molecule has 1 unspecified atom stereocenters. The molecule has 0 fully saturated rings. The molecule has 0 radical (unpaired) electrons. The summed E-state index contributed by atoms with van der Waals surface area (Å²) in [6.45, 7) is 0. The second-order valence-corrected chi connectivity index (χ2v) is 3.29. The van der Waals surface area contributed by atoms with Crippen molar-refractivity contribution in [1.29, 1.82) is 0 Å². The third kappa shape index (κ3) is 1.62. The highest BCUT2D eigenvalue weighted by molar-refractivity contribution is 5.77. The Bertz CT molecular complexity index is 359. The maximum absolute atomic E-state index is 11.3. The summed E-state index contributed by atoms with van der Waals surface area (Å²) >= 11 is 0. The molecule has 0 bridgehead atoms. The van der Waals surface area contributed by atoms with Crippen LogP contribution in [0.15, 0.2) is 42.6 Å². The van der Waals surface area contributed by atoms with E-state index in [2.05, 4.69) is 5.32 Å². The number of benzene rings is 1. The maximum Gasteiger partial charge on any atom is 0.321 e. The van der Waals surface area contributed by atoms with Crippen molar-refractivity contribution in [3.05, 3.63) is 48.2 Å². The van der Waals surface area contributed by atoms with Crippen molar-refractivity contribution in [2.24, 2.45) is 0 Å². The Balaban J connectivity index is 2.22. The van der Waals surface area contributed by atoms with Crippen molar-refractivity contribution < 1.29 is 4.79 Å². The van der Waals surface area contributed by atoms with Crippen molar-refractivity contribution in [1.82, 2.24) is 10.2 Å². The minimum absolute atomic E-state index is 0.0000926. The van der Waals surface area contributed by atoms with E-state index in [1.165, 1.54) is 4.90 Å². The van der Waals surface area contributed by atoms with Gasteiger partial charge in [0.05, 0.1) is 6.04 Å². The number of urea groups is 1. The molecule has 0 saturated heterocycles. The van der Waals surface area contributed by atoms with Crippen LogP contribution in [-0.2, 0) is 0 Å². The van der Waals surface area contributed by atoms with Crippen molar-refractivity contribution in [2.45, 2.75) is 6.04 Å². The molecule has 0 spiro atoms. The molecule has 3 nitrogen and oxygen atoms in total. The van der Waals surface area contributed by atoms with Crippen LogP contribution in [0, 0.1) is 0 Å². The lowest BCUT2D eigenvalue weighted by Gasteiger charge is -2.24. The van der Waals surface area contributed by atoms with Crippen molar-refractivity contribution in [3.8, 4) is 0 Å². The topological polar surface area (TPSA) is 32.3 Å². The molecule has 2 amide bonds. The monoisotopic (exact) mass is 188 g/mol. The van der Waals surface area contributed by atoms with E-state index in [1.54, 1.807) is 13.2 Å². The van der Waals surface area contributed by atoms with E-state index < -0.39 is 0 Å². The zero-order chi connectivity index (χ0) is 9.97. The Morgan fingerprint density at radius 2 is 2.00 bits per heavy atom. The Labute approximate surface area is 83.0 Å². The fraction of sp³-hybridized carbons (Fsp3) is 0.182. The van der Waals surface area contributed by atoms with Gasteiger partial charge in [-0.25, -0.2) is 4.79 Å². The van der Waals surface area contributed by atoms with E-state index in [0.717, 1.165) is 5.56 Å². The highest BCUT2D eigenvalue weighted by atomic mass is 16.2. The van der Waals surface area contributed by atoms with Crippen LogP contribution in [-0.4, -0.2) is 18.0 Å². The first kappa shape index (κ1) is 8.81. The van der Waals surface area contributed by atoms with Gasteiger partial charge in [-0.2, -0.15) is 0 Å². The van der Waals surface area contributed by atoms with Gasteiger partial charge in [0.2, 0.25) is 0 Å². The SMILES string of the molecule is CN1C=CC(c2ccccc2)NC1=O. The van der Waals surface area contributed by atoms with Gasteiger partial charge in [0.1, 0.15) is 0 Å². The predicted molar refractivity (Wildman–Crippen MR) is 54.6 cm³/mol. The molecule has 1 N–H and O–H groups in total. The first-order valence-electron chi connectivity index (χ1n) is 4.54. The summed E-state index contributed by atoms with van der Waals surface area (Å²) in [5, 5.41) is 2.88. The highest BCUT2D eigenvalue weighted by Gasteiger charge is 2.17. The van der Waals surface area contributed by atoms with Crippen LogP contribution in [0.2, 0.25) is 0 Å². The molecule has 14 heavy (non-hydrogen) atoms. The number of carbonyl (C=O) groups excluding carboxylic acids is 1. The zero-order valence-corrected chi connectivity index (χ0v) is 7.97. The molecule has 0 aromatic heterocycles. The molecule has 72 valence electrons. The molecule has 0 saturated carbocycles.